The fraction of sp³-hybridized carbons (Fsp3) is 0.200. The van der Waals surface area contributed by atoms with E-state index in [0.717, 1.165) is 11.8 Å². The highest BCUT2D eigenvalue weighted by molar-refractivity contribution is 5.45. The summed E-state index contributed by atoms with van der Waals surface area (Å²) in [6.45, 7) is 0.844. The maximum atomic E-state index is 13.3. The van der Waals surface area contributed by atoms with Crippen LogP contribution in [0.2, 0.25) is 0 Å². The first-order valence-electron chi connectivity index (χ1n) is 6.23. The van der Waals surface area contributed by atoms with Crippen molar-refractivity contribution in [1.82, 2.24) is 0 Å². The molecule has 0 amide bonds. The first kappa shape index (κ1) is 14.2. The van der Waals surface area contributed by atoms with Crippen LogP contribution in [0.25, 0.3) is 0 Å². The molecular formula is C15H14F3NO. The minimum atomic E-state index is -1.19. The number of rotatable bonds is 6. The Bertz CT molecular complexity index is 561. The zero-order valence-corrected chi connectivity index (χ0v) is 10.7. The highest BCUT2D eigenvalue weighted by Crippen LogP contribution is 2.18. The number of halogens is 3. The van der Waals surface area contributed by atoms with E-state index in [1.807, 2.05) is 30.3 Å². The van der Waals surface area contributed by atoms with Crippen LogP contribution < -0.4 is 10.1 Å². The lowest BCUT2D eigenvalue weighted by Crippen LogP contribution is -2.09. The van der Waals surface area contributed by atoms with E-state index in [4.69, 9.17) is 4.74 Å². The van der Waals surface area contributed by atoms with E-state index in [-0.39, 0.29) is 5.69 Å². The second kappa shape index (κ2) is 6.84. The van der Waals surface area contributed by atoms with Crippen LogP contribution in [0, 0.1) is 17.5 Å². The SMILES string of the molecule is Fc1cc(F)c(NCCCOc2ccccc2)cc1F. The number of anilines is 1. The molecule has 2 aromatic rings. The zero-order valence-electron chi connectivity index (χ0n) is 10.7. The molecule has 0 atom stereocenters. The van der Waals surface area contributed by atoms with Gasteiger partial charge in [-0.25, -0.2) is 13.2 Å². The van der Waals surface area contributed by atoms with Gasteiger partial charge in [-0.3, -0.25) is 0 Å². The molecular weight excluding hydrogens is 267 g/mol. The van der Waals surface area contributed by atoms with E-state index in [1.165, 1.54) is 0 Å². The van der Waals surface area contributed by atoms with Crippen molar-refractivity contribution >= 4 is 5.69 Å². The van der Waals surface area contributed by atoms with Crippen LogP contribution in [-0.2, 0) is 0 Å². The Morgan fingerprint density at radius 3 is 2.35 bits per heavy atom. The molecule has 0 saturated heterocycles. The first-order valence-corrected chi connectivity index (χ1v) is 6.23. The van der Waals surface area contributed by atoms with Crippen LogP contribution >= 0.6 is 0 Å². The normalized spacial score (nSPS) is 10.3. The zero-order chi connectivity index (χ0) is 14.4. The van der Waals surface area contributed by atoms with Gasteiger partial charge in [-0.2, -0.15) is 0 Å². The van der Waals surface area contributed by atoms with E-state index in [1.54, 1.807) is 0 Å². The molecule has 0 radical (unpaired) electrons. The molecule has 0 aliphatic carbocycles. The molecule has 0 fully saturated rings. The third kappa shape index (κ3) is 3.91. The van der Waals surface area contributed by atoms with Gasteiger partial charge >= 0.3 is 0 Å². The van der Waals surface area contributed by atoms with Gasteiger partial charge in [-0.1, -0.05) is 18.2 Å². The Balaban J connectivity index is 1.75. The number of hydrogen-bond donors (Lipinski definition) is 1. The number of benzene rings is 2. The largest absolute Gasteiger partial charge is 0.494 e. The third-order valence-electron chi connectivity index (χ3n) is 2.66. The van der Waals surface area contributed by atoms with Crippen LogP contribution in [0.3, 0.4) is 0 Å². The summed E-state index contributed by atoms with van der Waals surface area (Å²) in [5, 5.41) is 2.71. The van der Waals surface area contributed by atoms with Crippen molar-refractivity contribution in [3.8, 4) is 5.75 Å². The molecule has 0 bridgehead atoms. The summed E-state index contributed by atoms with van der Waals surface area (Å²) in [6.07, 6.45) is 0.604. The van der Waals surface area contributed by atoms with Crippen LogP contribution in [0.4, 0.5) is 18.9 Å². The Hall–Kier alpha value is -2.17. The van der Waals surface area contributed by atoms with Crippen LogP contribution in [0.15, 0.2) is 42.5 Å². The lowest BCUT2D eigenvalue weighted by atomic mass is 10.2. The Labute approximate surface area is 115 Å². The predicted octanol–water partition coefficient (Wildman–Crippen LogP) is 3.98. The van der Waals surface area contributed by atoms with Gasteiger partial charge in [-0.15, -0.1) is 0 Å². The Morgan fingerprint density at radius 1 is 0.900 bits per heavy atom. The summed E-state index contributed by atoms with van der Waals surface area (Å²) < 4.78 is 44.4. The summed E-state index contributed by atoms with van der Waals surface area (Å²) in [6, 6.07) is 10.6. The van der Waals surface area contributed by atoms with Gasteiger partial charge in [0.05, 0.1) is 12.3 Å². The summed E-state index contributed by atoms with van der Waals surface area (Å²) in [5.41, 5.74) is -0.0522. The number of para-hydroxylation sites is 1. The van der Waals surface area contributed by atoms with Crippen molar-refractivity contribution < 1.29 is 17.9 Å². The van der Waals surface area contributed by atoms with E-state index in [0.29, 0.717) is 25.6 Å². The van der Waals surface area contributed by atoms with Gasteiger partial charge in [0.15, 0.2) is 11.6 Å². The summed E-state index contributed by atoms with van der Waals surface area (Å²) >= 11 is 0. The molecule has 0 aliphatic heterocycles. The molecule has 2 nitrogen and oxygen atoms in total. The van der Waals surface area contributed by atoms with Gasteiger partial charge in [0.2, 0.25) is 0 Å². The van der Waals surface area contributed by atoms with E-state index in [2.05, 4.69) is 5.32 Å². The smallest absolute Gasteiger partial charge is 0.161 e. The van der Waals surface area contributed by atoms with Crippen molar-refractivity contribution in [1.29, 1.82) is 0 Å². The fourth-order valence-electron chi connectivity index (χ4n) is 1.66. The molecule has 0 aromatic heterocycles. The van der Waals surface area contributed by atoms with Crippen LogP contribution in [0.5, 0.6) is 5.75 Å². The van der Waals surface area contributed by atoms with E-state index in [9.17, 15) is 13.2 Å². The molecule has 0 unspecified atom stereocenters. The second-order valence-electron chi connectivity index (χ2n) is 4.19. The quantitative estimate of drug-likeness (QED) is 0.638. The molecule has 1 N–H and O–H groups in total. The third-order valence-corrected chi connectivity index (χ3v) is 2.66. The van der Waals surface area contributed by atoms with Crippen molar-refractivity contribution in [3.63, 3.8) is 0 Å². The van der Waals surface area contributed by atoms with Crippen molar-refractivity contribution in [2.24, 2.45) is 0 Å². The average molecular weight is 281 g/mol. The molecule has 0 spiro atoms. The number of hydrogen-bond acceptors (Lipinski definition) is 2. The molecule has 5 heteroatoms. The van der Waals surface area contributed by atoms with Crippen molar-refractivity contribution in [2.45, 2.75) is 6.42 Å². The van der Waals surface area contributed by atoms with Gasteiger partial charge in [-0.05, 0) is 18.6 Å². The van der Waals surface area contributed by atoms with Gasteiger partial charge in [0.1, 0.15) is 11.6 Å². The molecule has 0 aliphatic rings. The monoisotopic (exact) mass is 281 g/mol. The first-order chi connectivity index (χ1) is 9.66. The molecule has 0 saturated carbocycles. The van der Waals surface area contributed by atoms with E-state index < -0.39 is 17.5 Å². The fourth-order valence-corrected chi connectivity index (χ4v) is 1.66. The summed E-state index contributed by atoms with van der Waals surface area (Å²) in [5.74, 6) is -2.32. The summed E-state index contributed by atoms with van der Waals surface area (Å²) in [4.78, 5) is 0. The van der Waals surface area contributed by atoms with Gasteiger partial charge < -0.3 is 10.1 Å². The number of ether oxygens (including phenoxy) is 1. The summed E-state index contributed by atoms with van der Waals surface area (Å²) in [7, 11) is 0. The molecule has 106 valence electrons. The maximum absolute atomic E-state index is 13.3. The van der Waals surface area contributed by atoms with Crippen molar-refractivity contribution in [3.05, 3.63) is 59.9 Å². The topological polar surface area (TPSA) is 21.3 Å². The lowest BCUT2D eigenvalue weighted by Gasteiger charge is -2.09. The van der Waals surface area contributed by atoms with Gasteiger partial charge in [0.25, 0.3) is 0 Å². The van der Waals surface area contributed by atoms with Crippen LogP contribution in [0.1, 0.15) is 6.42 Å². The minimum Gasteiger partial charge on any atom is -0.494 e. The Morgan fingerprint density at radius 2 is 1.60 bits per heavy atom. The Kier molecular flexibility index (Phi) is 4.87. The van der Waals surface area contributed by atoms with Crippen molar-refractivity contribution in [2.75, 3.05) is 18.5 Å². The second-order valence-corrected chi connectivity index (χ2v) is 4.19. The van der Waals surface area contributed by atoms with E-state index >= 15 is 0 Å². The molecule has 20 heavy (non-hydrogen) atoms. The highest BCUT2D eigenvalue weighted by atomic mass is 19.2. The average Bonchev–Trinajstić information content (AvgIpc) is 2.45. The minimum absolute atomic E-state index is 0.0522. The molecule has 2 rings (SSSR count). The molecule has 0 heterocycles. The van der Waals surface area contributed by atoms with Gasteiger partial charge in [0, 0.05) is 18.7 Å². The number of nitrogens with one attached hydrogen (secondary N) is 1. The standard InChI is InChI=1S/C15H14F3NO/c16-12-9-14(18)15(10-13(12)17)19-7-4-8-20-11-5-2-1-3-6-11/h1-3,5-6,9-10,19H,4,7-8H2. The predicted molar refractivity (Wildman–Crippen MR) is 71.4 cm³/mol. The lowest BCUT2D eigenvalue weighted by molar-refractivity contribution is 0.315. The van der Waals surface area contributed by atoms with Crippen LogP contribution in [-0.4, -0.2) is 13.2 Å². The molecule has 2 aromatic carbocycles. The highest BCUT2D eigenvalue weighted by Gasteiger charge is 2.08. The maximum Gasteiger partial charge on any atom is 0.161 e.